The Balaban J connectivity index is 1.64. The molecule has 120 valence electrons. The number of nitrogens with zero attached hydrogens (tertiary/aromatic N) is 3. The van der Waals surface area contributed by atoms with Gasteiger partial charge in [-0.15, -0.1) is 0 Å². The molecule has 0 unspecified atom stereocenters. The summed E-state index contributed by atoms with van der Waals surface area (Å²) in [6.45, 7) is 0. The minimum Gasteiger partial charge on any atom is -0.393 e. The number of nitrogens with one attached hydrogen (secondary N) is 1. The van der Waals surface area contributed by atoms with Crippen LogP contribution in [0.25, 0.3) is 11.4 Å². The summed E-state index contributed by atoms with van der Waals surface area (Å²) >= 11 is 0. The van der Waals surface area contributed by atoms with Crippen LogP contribution in [-0.2, 0) is 12.8 Å². The Hall–Kier alpha value is -2.01. The van der Waals surface area contributed by atoms with Crippen LogP contribution in [0.4, 0.5) is 5.82 Å². The van der Waals surface area contributed by atoms with Gasteiger partial charge in [0.2, 0.25) is 0 Å². The van der Waals surface area contributed by atoms with E-state index in [9.17, 15) is 5.11 Å². The first-order chi connectivity index (χ1) is 11.3. The first-order valence-corrected chi connectivity index (χ1v) is 8.54. The summed E-state index contributed by atoms with van der Waals surface area (Å²) in [6, 6.07) is 4.32. The third-order valence-electron chi connectivity index (χ3n) is 4.91. The maximum atomic E-state index is 9.68. The first-order valence-electron chi connectivity index (χ1n) is 8.54. The molecule has 1 fully saturated rings. The molecule has 2 N–H and O–H groups in total. The van der Waals surface area contributed by atoms with Gasteiger partial charge in [0.25, 0.3) is 0 Å². The Kier molecular flexibility index (Phi) is 3.95. The van der Waals surface area contributed by atoms with E-state index in [-0.39, 0.29) is 6.10 Å². The second-order valence-corrected chi connectivity index (χ2v) is 6.56. The Morgan fingerprint density at radius 3 is 2.57 bits per heavy atom. The largest absolute Gasteiger partial charge is 0.393 e. The van der Waals surface area contributed by atoms with Gasteiger partial charge in [0.15, 0.2) is 5.82 Å². The van der Waals surface area contributed by atoms with Crippen LogP contribution < -0.4 is 5.32 Å². The van der Waals surface area contributed by atoms with Crippen LogP contribution in [0.15, 0.2) is 24.5 Å². The summed E-state index contributed by atoms with van der Waals surface area (Å²) in [4.78, 5) is 13.7. The number of aliphatic hydroxyl groups excluding tert-OH is 1. The van der Waals surface area contributed by atoms with Crippen LogP contribution >= 0.6 is 0 Å². The molecule has 1 saturated carbocycles. The maximum Gasteiger partial charge on any atom is 0.161 e. The molecular weight excluding hydrogens is 288 g/mol. The van der Waals surface area contributed by atoms with E-state index >= 15 is 0 Å². The molecule has 0 amide bonds. The van der Waals surface area contributed by atoms with Crippen molar-refractivity contribution in [1.82, 2.24) is 15.0 Å². The van der Waals surface area contributed by atoms with Gasteiger partial charge in [-0.1, -0.05) is 0 Å². The lowest BCUT2D eigenvalue weighted by molar-refractivity contribution is 0.126. The molecule has 0 saturated heterocycles. The topological polar surface area (TPSA) is 70.9 Å². The van der Waals surface area contributed by atoms with Gasteiger partial charge >= 0.3 is 0 Å². The van der Waals surface area contributed by atoms with E-state index in [1.54, 1.807) is 12.4 Å². The lowest BCUT2D eigenvalue weighted by Crippen LogP contribution is -2.29. The second-order valence-electron chi connectivity index (χ2n) is 6.56. The van der Waals surface area contributed by atoms with Crippen LogP contribution in [0, 0.1) is 0 Å². The molecule has 4 rings (SSSR count). The third-order valence-corrected chi connectivity index (χ3v) is 4.91. The molecule has 2 aromatic rings. The van der Waals surface area contributed by atoms with E-state index in [2.05, 4.69) is 10.3 Å². The minimum atomic E-state index is -0.128. The van der Waals surface area contributed by atoms with Crippen molar-refractivity contribution in [1.29, 1.82) is 0 Å². The van der Waals surface area contributed by atoms with E-state index in [1.807, 2.05) is 12.1 Å². The predicted octanol–water partition coefficient (Wildman–Crippen LogP) is 2.74. The zero-order valence-electron chi connectivity index (χ0n) is 13.2. The number of pyridine rings is 1. The Bertz CT molecular complexity index is 681. The molecule has 0 aromatic carbocycles. The van der Waals surface area contributed by atoms with E-state index in [0.717, 1.165) is 62.2 Å². The van der Waals surface area contributed by atoms with Gasteiger partial charge in [-0.25, -0.2) is 9.97 Å². The number of hydrogen-bond acceptors (Lipinski definition) is 5. The van der Waals surface area contributed by atoms with E-state index in [1.165, 1.54) is 11.3 Å². The van der Waals surface area contributed by atoms with Gasteiger partial charge in [-0.05, 0) is 57.1 Å². The fourth-order valence-electron chi connectivity index (χ4n) is 3.60. The number of anilines is 1. The summed E-state index contributed by atoms with van der Waals surface area (Å²) < 4.78 is 0. The molecule has 23 heavy (non-hydrogen) atoms. The highest BCUT2D eigenvalue weighted by atomic mass is 16.3. The lowest BCUT2D eigenvalue weighted by atomic mass is 9.93. The van der Waals surface area contributed by atoms with Crippen molar-refractivity contribution in [3.8, 4) is 11.4 Å². The average Bonchev–Trinajstić information content (AvgIpc) is 3.06. The van der Waals surface area contributed by atoms with Gasteiger partial charge < -0.3 is 10.4 Å². The van der Waals surface area contributed by atoms with Crippen molar-refractivity contribution >= 4 is 5.82 Å². The van der Waals surface area contributed by atoms with Crippen molar-refractivity contribution in [2.45, 2.75) is 57.1 Å². The van der Waals surface area contributed by atoms with Gasteiger partial charge in [0, 0.05) is 35.3 Å². The number of aromatic nitrogens is 3. The van der Waals surface area contributed by atoms with Gasteiger partial charge in [0.05, 0.1) is 6.10 Å². The normalized spacial score (nSPS) is 23.5. The zero-order chi connectivity index (χ0) is 15.6. The number of rotatable bonds is 3. The summed E-state index contributed by atoms with van der Waals surface area (Å²) in [5.41, 5.74) is 3.48. The number of aryl methyl sites for hydroxylation is 1. The van der Waals surface area contributed by atoms with Gasteiger partial charge in [-0.2, -0.15) is 0 Å². The maximum absolute atomic E-state index is 9.68. The minimum absolute atomic E-state index is 0.128. The molecule has 0 spiro atoms. The SMILES string of the molecule is OC1CCC(Nc2nc(-c3ccncc3)nc3c2CCC3)CC1. The average molecular weight is 310 g/mol. The Labute approximate surface area is 136 Å². The van der Waals surface area contributed by atoms with Crippen molar-refractivity contribution in [3.63, 3.8) is 0 Å². The van der Waals surface area contributed by atoms with E-state index in [0.29, 0.717) is 6.04 Å². The Morgan fingerprint density at radius 1 is 1.00 bits per heavy atom. The number of aliphatic hydroxyl groups is 1. The molecule has 2 aliphatic rings. The third kappa shape index (κ3) is 3.06. The molecule has 0 bridgehead atoms. The number of fused-ring (bicyclic) bond motifs is 1. The number of hydrogen-bond donors (Lipinski definition) is 2. The summed E-state index contributed by atoms with van der Waals surface area (Å²) in [5.74, 6) is 1.78. The van der Waals surface area contributed by atoms with Crippen LogP contribution in [-0.4, -0.2) is 32.2 Å². The highest BCUT2D eigenvalue weighted by Gasteiger charge is 2.24. The van der Waals surface area contributed by atoms with Crippen molar-refractivity contribution in [2.24, 2.45) is 0 Å². The highest BCUT2D eigenvalue weighted by Crippen LogP contribution is 2.31. The fourth-order valence-corrected chi connectivity index (χ4v) is 3.60. The van der Waals surface area contributed by atoms with Crippen LogP contribution in [0.5, 0.6) is 0 Å². The van der Waals surface area contributed by atoms with Crippen LogP contribution in [0.2, 0.25) is 0 Å². The molecule has 0 aliphatic heterocycles. The molecule has 0 atom stereocenters. The predicted molar refractivity (Wildman–Crippen MR) is 89.2 cm³/mol. The monoisotopic (exact) mass is 310 g/mol. The van der Waals surface area contributed by atoms with Gasteiger partial charge in [0.1, 0.15) is 5.82 Å². The summed E-state index contributed by atoms with van der Waals surface area (Å²) in [6.07, 6.45) is 10.4. The highest BCUT2D eigenvalue weighted by molar-refractivity contribution is 5.60. The molecule has 5 heteroatoms. The van der Waals surface area contributed by atoms with E-state index < -0.39 is 0 Å². The molecule has 2 aromatic heterocycles. The summed E-state index contributed by atoms with van der Waals surface area (Å²) in [7, 11) is 0. The molecule has 5 nitrogen and oxygen atoms in total. The standard InChI is InChI=1S/C18H22N4O/c23-14-6-4-13(5-7-14)20-18-15-2-1-3-16(15)21-17(22-18)12-8-10-19-11-9-12/h8-11,13-14,23H,1-7H2,(H,20,21,22). The molecular formula is C18H22N4O. The Morgan fingerprint density at radius 2 is 1.78 bits per heavy atom. The van der Waals surface area contributed by atoms with Gasteiger partial charge in [-0.3, -0.25) is 4.98 Å². The van der Waals surface area contributed by atoms with Crippen molar-refractivity contribution in [2.75, 3.05) is 5.32 Å². The first kappa shape index (κ1) is 14.6. The lowest BCUT2D eigenvalue weighted by Gasteiger charge is -2.27. The second kappa shape index (κ2) is 6.24. The fraction of sp³-hybridized carbons (Fsp3) is 0.500. The van der Waals surface area contributed by atoms with E-state index in [4.69, 9.17) is 9.97 Å². The molecule has 2 aliphatic carbocycles. The quantitative estimate of drug-likeness (QED) is 0.912. The molecule has 2 heterocycles. The van der Waals surface area contributed by atoms with Crippen LogP contribution in [0.1, 0.15) is 43.4 Å². The van der Waals surface area contributed by atoms with Crippen LogP contribution in [0.3, 0.4) is 0 Å². The van der Waals surface area contributed by atoms with Crippen molar-refractivity contribution in [3.05, 3.63) is 35.8 Å². The zero-order valence-corrected chi connectivity index (χ0v) is 13.2. The smallest absolute Gasteiger partial charge is 0.161 e. The molecule has 0 radical (unpaired) electrons. The summed E-state index contributed by atoms with van der Waals surface area (Å²) in [5, 5.41) is 13.3. The van der Waals surface area contributed by atoms with Crippen molar-refractivity contribution < 1.29 is 5.11 Å².